The van der Waals surface area contributed by atoms with Crippen molar-refractivity contribution in [3.8, 4) is 0 Å². The van der Waals surface area contributed by atoms with Gasteiger partial charge in [0.15, 0.2) is 0 Å². The topological polar surface area (TPSA) is 40.5 Å². The van der Waals surface area contributed by atoms with E-state index in [1.54, 1.807) is 24.3 Å². The molecule has 3 rings (SSSR count). The quantitative estimate of drug-likeness (QED) is 0.870. The molecular formula is C13H13F2NO2. The zero-order valence-corrected chi connectivity index (χ0v) is 9.70. The maximum absolute atomic E-state index is 13.0. The molecule has 1 aromatic carbocycles. The maximum atomic E-state index is 13.0. The van der Waals surface area contributed by atoms with Gasteiger partial charge in [-0.1, -0.05) is 12.1 Å². The smallest absolute Gasteiger partial charge is 0.258 e. The average molecular weight is 253 g/mol. The zero-order chi connectivity index (χ0) is 13.0. The molecule has 1 aliphatic heterocycles. The molecule has 1 amide bonds. The normalized spacial score (nSPS) is 22.7. The third-order valence-corrected chi connectivity index (χ3v) is 3.87. The lowest BCUT2D eigenvalue weighted by Gasteiger charge is -2.39. The lowest BCUT2D eigenvalue weighted by molar-refractivity contribution is -0.0153. The summed E-state index contributed by atoms with van der Waals surface area (Å²) in [5.41, 5.74) is 0.277. The number of carbonyl (C=O) groups excluding carboxylic acids is 1. The highest BCUT2D eigenvalue weighted by atomic mass is 19.3. The molecule has 1 saturated carbocycles. The average Bonchev–Trinajstić information content (AvgIpc) is 2.90. The van der Waals surface area contributed by atoms with Crippen LogP contribution in [0.3, 0.4) is 0 Å². The van der Waals surface area contributed by atoms with Gasteiger partial charge in [-0.2, -0.15) is 0 Å². The van der Waals surface area contributed by atoms with Crippen molar-refractivity contribution in [3.05, 3.63) is 35.4 Å². The summed E-state index contributed by atoms with van der Waals surface area (Å²) in [6, 6.07) is 6.55. The number of nitrogens with zero attached hydrogens (tertiary/aromatic N) is 1. The molecule has 1 spiro atoms. The Morgan fingerprint density at radius 3 is 2.28 bits per heavy atom. The van der Waals surface area contributed by atoms with Crippen molar-refractivity contribution in [1.82, 2.24) is 4.90 Å². The second-order valence-corrected chi connectivity index (χ2v) is 5.18. The van der Waals surface area contributed by atoms with E-state index in [-0.39, 0.29) is 32.0 Å². The Balaban J connectivity index is 1.66. The van der Waals surface area contributed by atoms with E-state index in [4.69, 9.17) is 5.11 Å². The fraction of sp³-hybridized carbons (Fsp3) is 0.462. The van der Waals surface area contributed by atoms with Crippen molar-refractivity contribution in [2.45, 2.75) is 19.0 Å². The molecule has 1 aromatic rings. The maximum Gasteiger partial charge on any atom is 0.258 e. The Morgan fingerprint density at radius 2 is 1.83 bits per heavy atom. The van der Waals surface area contributed by atoms with Gasteiger partial charge in [0.1, 0.15) is 0 Å². The highest BCUT2D eigenvalue weighted by molar-refractivity contribution is 5.95. The first-order valence-electron chi connectivity index (χ1n) is 5.84. The minimum Gasteiger partial charge on any atom is -0.392 e. The number of hydrogen-bond acceptors (Lipinski definition) is 2. The van der Waals surface area contributed by atoms with Crippen molar-refractivity contribution < 1.29 is 18.7 Å². The van der Waals surface area contributed by atoms with Gasteiger partial charge in [0.25, 0.3) is 11.8 Å². The Labute approximate surface area is 103 Å². The highest BCUT2D eigenvalue weighted by Gasteiger charge is 2.76. The molecule has 2 aliphatic rings. The van der Waals surface area contributed by atoms with Crippen molar-refractivity contribution in [2.24, 2.45) is 5.41 Å². The fourth-order valence-corrected chi connectivity index (χ4v) is 2.49. The number of likely N-dealkylation sites (tertiary alicyclic amines) is 1. The summed E-state index contributed by atoms with van der Waals surface area (Å²) in [4.78, 5) is 13.4. The fourth-order valence-electron chi connectivity index (χ4n) is 2.49. The van der Waals surface area contributed by atoms with Crippen LogP contribution >= 0.6 is 0 Å². The largest absolute Gasteiger partial charge is 0.392 e. The van der Waals surface area contributed by atoms with Gasteiger partial charge in [-0.25, -0.2) is 8.78 Å². The minimum atomic E-state index is -2.58. The van der Waals surface area contributed by atoms with Crippen LogP contribution in [0.1, 0.15) is 22.3 Å². The lowest BCUT2D eigenvalue weighted by atomic mass is 9.94. The monoisotopic (exact) mass is 253 g/mol. The first-order chi connectivity index (χ1) is 8.47. The number of aliphatic hydroxyl groups is 1. The van der Waals surface area contributed by atoms with Crippen LogP contribution < -0.4 is 0 Å². The second-order valence-electron chi connectivity index (χ2n) is 5.18. The summed E-state index contributed by atoms with van der Waals surface area (Å²) in [5, 5.41) is 8.89. The van der Waals surface area contributed by atoms with Gasteiger partial charge >= 0.3 is 0 Å². The standard InChI is InChI=1S/C13H13F2NO2/c14-13(15)6-12(13)7-16(8-12)11(18)10-3-1-9(5-17)2-4-10/h1-4,17H,5-8H2. The Kier molecular flexibility index (Phi) is 2.26. The third-order valence-electron chi connectivity index (χ3n) is 3.87. The molecule has 0 aromatic heterocycles. The first kappa shape index (κ1) is 11.6. The van der Waals surface area contributed by atoms with Crippen LogP contribution in [0.2, 0.25) is 0 Å². The van der Waals surface area contributed by atoms with E-state index in [9.17, 15) is 13.6 Å². The van der Waals surface area contributed by atoms with Crippen LogP contribution in [0.5, 0.6) is 0 Å². The molecule has 1 saturated heterocycles. The van der Waals surface area contributed by atoms with Gasteiger partial charge in [0.2, 0.25) is 0 Å². The number of hydrogen-bond donors (Lipinski definition) is 1. The molecule has 2 fully saturated rings. The van der Waals surface area contributed by atoms with E-state index >= 15 is 0 Å². The summed E-state index contributed by atoms with van der Waals surface area (Å²) in [7, 11) is 0. The molecule has 5 heteroatoms. The molecule has 1 N–H and O–H groups in total. The van der Waals surface area contributed by atoms with E-state index in [1.165, 1.54) is 4.90 Å². The summed E-state index contributed by atoms with van der Waals surface area (Å²) in [6.07, 6.45) is -0.0900. The number of aliphatic hydroxyl groups excluding tert-OH is 1. The van der Waals surface area contributed by atoms with Crippen LogP contribution in [-0.4, -0.2) is 34.9 Å². The van der Waals surface area contributed by atoms with Crippen LogP contribution in [0.25, 0.3) is 0 Å². The molecule has 0 atom stereocenters. The number of amides is 1. The van der Waals surface area contributed by atoms with Crippen molar-refractivity contribution in [1.29, 1.82) is 0 Å². The molecule has 0 radical (unpaired) electrons. The van der Waals surface area contributed by atoms with Gasteiger partial charge in [-0.15, -0.1) is 0 Å². The first-order valence-corrected chi connectivity index (χ1v) is 5.84. The minimum absolute atomic E-state index is 0.0759. The molecule has 18 heavy (non-hydrogen) atoms. The van der Waals surface area contributed by atoms with E-state index in [1.807, 2.05) is 0 Å². The van der Waals surface area contributed by atoms with E-state index in [0.717, 1.165) is 5.56 Å². The SMILES string of the molecule is O=C(c1ccc(CO)cc1)N1CC2(C1)CC2(F)F. The lowest BCUT2D eigenvalue weighted by Crippen LogP contribution is -2.54. The predicted octanol–water partition coefficient (Wildman–Crippen LogP) is 1.66. The Bertz CT molecular complexity index is 492. The molecule has 0 bridgehead atoms. The molecular weight excluding hydrogens is 240 g/mol. The number of halogens is 2. The molecule has 96 valence electrons. The van der Waals surface area contributed by atoms with Crippen LogP contribution in [0, 0.1) is 5.41 Å². The summed E-state index contributed by atoms with van der Waals surface area (Å²) in [6.45, 7) is 0.231. The van der Waals surface area contributed by atoms with Gasteiger partial charge in [-0.05, 0) is 17.7 Å². The molecule has 1 aliphatic carbocycles. The van der Waals surface area contributed by atoms with Gasteiger partial charge in [-0.3, -0.25) is 4.79 Å². The van der Waals surface area contributed by atoms with Crippen molar-refractivity contribution in [3.63, 3.8) is 0 Å². The third kappa shape index (κ3) is 1.54. The summed E-state index contributed by atoms with van der Waals surface area (Å²) < 4.78 is 26.0. The van der Waals surface area contributed by atoms with Crippen molar-refractivity contribution >= 4 is 5.91 Å². The summed E-state index contributed by atoms with van der Waals surface area (Å²) >= 11 is 0. The van der Waals surface area contributed by atoms with E-state index in [0.29, 0.717) is 5.56 Å². The Morgan fingerprint density at radius 1 is 1.28 bits per heavy atom. The van der Waals surface area contributed by atoms with Gasteiger partial charge in [0, 0.05) is 25.1 Å². The van der Waals surface area contributed by atoms with Crippen LogP contribution in [0.4, 0.5) is 8.78 Å². The molecule has 0 unspecified atom stereocenters. The predicted molar refractivity (Wildman–Crippen MR) is 60.3 cm³/mol. The van der Waals surface area contributed by atoms with Crippen molar-refractivity contribution in [2.75, 3.05) is 13.1 Å². The number of alkyl halides is 2. The highest BCUT2D eigenvalue weighted by Crippen LogP contribution is 2.65. The molecule has 3 nitrogen and oxygen atoms in total. The van der Waals surface area contributed by atoms with Crippen LogP contribution in [0.15, 0.2) is 24.3 Å². The van der Waals surface area contributed by atoms with Gasteiger partial charge < -0.3 is 10.0 Å². The molecule has 1 heterocycles. The summed E-state index contributed by atoms with van der Waals surface area (Å²) in [5.74, 6) is -2.79. The Hall–Kier alpha value is -1.49. The van der Waals surface area contributed by atoms with Crippen LogP contribution in [-0.2, 0) is 6.61 Å². The zero-order valence-electron chi connectivity index (χ0n) is 9.70. The second kappa shape index (κ2) is 3.51. The number of benzene rings is 1. The van der Waals surface area contributed by atoms with E-state index < -0.39 is 11.3 Å². The number of carbonyl (C=O) groups is 1. The van der Waals surface area contributed by atoms with E-state index in [2.05, 4.69) is 0 Å². The van der Waals surface area contributed by atoms with Gasteiger partial charge in [0.05, 0.1) is 12.0 Å². The number of rotatable bonds is 2.